The number of ether oxygens (including phenoxy) is 1. The molecule has 0 atom stereocenters. The molecule has 1 amide bonds. The minimum Gasteiger partial charge on any atom is -0.484 e. The van der Waals surface area contributed by atoms with E-state index in [0.717, 1.165) is 12.8 Å². The van der Waals surface area contributed by atoms with Crippen LogP contribution in [0.1, 0.15) is 18.9 Å². The Morgan fingerprint density at radius 3 is 2.26 bits per heavy atom. The second-order valence-corrected chi connectivity index (χ2v) is 7.71. The minimum atomic E-state index is -3.18. The summed E-state index contributed by atoms with van der Waals surface area (Å²) in [5.41, 5.74) is 1.25. The SMILES string of the molecule is CCCc1ccc(OCC(=O)N2CCN(S(C)(=O)=O)CC2)cc1. The van der Waals surface area contributed by atoms with Gasteiger partial charge in [0.15, 0.2) is 6.61 Å². The normalized spacial score (nSPS) is 16.3. The van der Waals surface area contributed by atoms with Gasteiger partial charge in [-0.1, -0.05) is 25.5 Å². The van der Waals surface area contributed by atoms with E-state index in [4.69, 9.17) is 4.74 Å². The van der Waals surface area contributed by atoms with Crippen LogP contribution < -0.4 is 4.74 Å². The van der Waals surface area contributed by atoms with Crippen molar-refractivity contribution in [2.75, 3.05) is 39.0 Å². The Labute approximate surface area is 138 Å². The van der Waals surface area contributed by atoms with E-state index in [1.54, 1.807) is 4.90 Å². The summed E-state index contributed by atoms with van der Waals surface area (Å²) in [6.07, 6.45) is 3.32. The van der Waals surface area contributed by atoms with E-state index < -0.39 is 10.0 Å². The number of amides is 1. The summed E-state index contributed by atoms with van der Waals surface area (Å²) in [4.78, 5) is 13.8. The van der Waals surface area contributed by atoms with Crippen LogP contribution in [0.4, 0.5) is 0 Å². The lowest BCUT2D eigenvalue weighted by molar-refractivity contribution is -0.134. The molecular weight excluding hydrogens is 316 g/mol. The first-order chi connectivity index (χ1) is 10.9. The highest BCUT2D eigenvalue weighted by Gasteiger charge is 2.26. The number of piperazine rings is 1. The highest BCUT2D eigenvalue weighted by atomic mass is 32.2. The molecule has 0 saturated carbocycles. The van der Waals surface area contributed by atoms with Crippen molar-refractivity contribution in [2.45, 2.75) is 19.8 Å². The molecule has 0 spiro atoms. The van der Waals surface area contributed by atoms with E-state index in [1.807, 2.05) is 24.3 Å². The predicted octanol–water partition coefficient (Wildman–Crippen LogP) is 1.12. The molecule has 6 nitrogen and oxygen atoms in total. The molecule has 1 aliphatic rings. The minimum absolute atomic E-state index is 0.0218. The molecule has 0 N–H and O–H groups in total. The van der Waals surface area contributed by atoms with E-state index in [0.29, 0.717) is 31.9 Å². The number of nitrogens with zero attached hydrogens (tertiary/aromatic N) is 2. The number of carbonyl (C=O) groups is 1. The summed E-state index contributed by atoms with van der Waals surface area (Å²) in [7, 11) is -3.18. The molecule has 1 heterocycles. The van der Waals surface area contributed by atoms with Crippen molar-refractivity contribution in [1.29, 1.82) is 0 Å². The third-order valence-electron chi connectivity index (χ3n) is 3.88. The van der Waals surface area contributed by atoms with Crippen LogP contribution in [0.5, 0.6) is 5.75 Å². The Morgan fingerprint density at radius 1 is 1.13 bits per heavy atom. The first-order valence-electron chi connectivity index (χ1n) is 7.85. The van der Waals surface area contributed by atoms with Gasteiger partial charge in [-0.15, -0.1) is 0 Å². The smallest absolute Gasteiger partial charge is 0.260 e. The van der Waals surface area contributed by atoms with Gasteiger partial charge in [0.1, 0.15) is 5.75 Å². The number of hydrogen-bond acceptors (Lipinski definition) is 4. The lowest BCUT2D eigenvalue weighted by Crippen LogP contribution is -2.51. The van der Waals surface area contributed by atoms with Crippen molar-refractivity contribution >= 4 is 15.9 Å². The summed E-state index contributed by atoms with van der Waals surface area (Å²) in [5, 5.41) is 0. The predicted molar refractivity (Wildman–Crippen MR) is 88.9 cm³/mol. The second-order valence-electron chi connectivity index (χ2n) is 5.73. The van der Waals surface area contributed by atoms with Crippen LogP contribution in [0.15, 0.2) is 24.3 Å². The summed E-state index contributed by atoms with van der Waals surface area (Å²) >= 11 is 0. The molecule has 1 saturated heterocycles. The van der Waals surface area contributed by atoms with Gasteiger partial charge in [-0.05, 0) is 24.1 Å². The maximum atomic E-state index is 12.1. The van der Waals surface area contributed by atoms with Crippen LogP contribution >= 0.6 is 0 Å². The largest absolute Gasteiger partial charge is 0.484 e. The molecule has 0 aromatic heterocycles. The van der Waals surface area contributed by atoms with Gasteiger partial charge in [0.2, 0.25) is 10.0 Å². The summed E-state index contributed by atoms with van der Waals surface area (Å²) in [5.74, 6) is 0.559. The molecule has 0 unspecified atom stereocenters. The van der Waals surface area contributed by atoms with E-state index in [2.05, 4.69) is 6.92 Å². The summed E-state index contributed by atoms with van der Waals surface area (Å²) < 4.78 is 29.8. The van der Waals surface area contributed by atoms with Gasteiger partial charge in [0.05, 0.1) is 6.26 Å². The number of benzene rings is 1. The van der Waals surface area contributed by atoms with Crippen molar-refractivity contribution in [3.63, 3.8) is 0 Å². The average Bonchev–Trinajstić information content (AvgIpc) is 2.53. The van der Waals surface area contributed by atoms with Crippen molar-refractivity contribution < 1.29 is 17.9 Å². The van der Waals surface area contributed by atoms with E-state index in [9.17, 15) is 13.2 Å². The number of carbonyl (C=O) groups excluding carboxylic acids is 1. The molecule has 128 valence electrons. The van der Waals surface area contributed by atoms with Crippen LogP contribution in [0, 0.1) is 0 Å². The van der Waals surface area contributed by atoms with Gasteiger partial charge >= 0.3 is 0 Å². The van der Waals surface area contributed by atoms with Gasteiger partial charge in [0.25, 0.3) is 5.91 Å². The number of sulfonamides is 1. The molecule has 0 bridgehead atoms. The van der Waals surface area contributed by atoms with Crippen LogP contribution in [0.3, 0.4) is 0 Å². The van der Waals surface area contributed by atoms with Gasteiger partial charge in [-0.3, -0.25) is 4.79 Å². The highest BCUT2D eigenvalue weighted by molar-refractivity contribution is 7.88. The van der Waals surface area contributed by atoms with Gasteiger partial charge in [-0.25, -0.2) is 8.42 Å². The zero-order valence-corrected chi connectivity index (χ0v) is 14.5. The van der Waals surface area contributed by atoms with Gasteiger partial charge in [-0.2, -0.15) is 4.31 Å². The van der Waals surface area contributed by atoms with Crippen LogP contribution in [0.2, 0.25) is 0 Å². The molecule has 1 fully saturated rings. The Morgan fingerprint density at radius 2 is 1.74 bits per heavy atom. The summed E-state index contributed by atoms with van der Waals surface area (Å²) in [6.45, 7) is 3.61. The Kier molecular flexibility index (Phi) is 6.01. The maximum absolute atomic E-state index is 12.1. The maximum Gasteiger partial charge on any atom is 0.260 e. The molecule has 1 aromatic rings. The third-order valence-corrected chi connectivity index (χ3v) is 5.19. The molecule has 1 aromatic carbocycles. The fourth-order valence-electron chi connectivity index (χ4n) is 2.55. The molecule has 0 radical (unpaired) electrons. The highest BCUT2D eigenvalue weighted by Crippen LogP contribution is 2.14. The first kappa shape index (κ1) is 17.7. The molecule has 23 heavy (non-hydrogen) atoms. The Bertz CT molecular complexity index is 620. The Hall–Kier alpha value is -1.60. The van der Waals surface area contributed by atoms with E-state index >= 15 is 0 Å². The lowest BCUT2D eigenvalue weighted by Gasteiger charge is -2.33. The standard InChI is InChI=1S/C16H24N2O4S/c1-3-4-14-5-7-15(8-6-14)22-13-16(19)17-9-11-18(12-10-17)23(2,20)21/h5-8H,3-4,9-13H2,1-2H3. The van der Waals surface area contributed by atoms with E-state index in [1.165, 1.54) is 16.1 Å². The zero-order chi connectivity index (χ0) is 16.9. The van der Waals surface area contributed by atoms with Crippen molar-refractivity contribution in [2.24, 2.45) is 0 Å². The fourth-order valence-corrected chi connectivity index (χ4v) is 3.37. The van der Waals surface area contributed by atoms with Crippen LogP contribution in [0.25, 0.3) is 0 Å². The molecule has 2 rings (SSSR count). The van der Waals surface area contributed by atoms with Gasteiger partial charge < -0.3 is 9.64 Å². The molecular formula is C16H24N2O4S. The van der Waals surface area contributed by atoms with Crippen molar-refractivity contribution in [3.05, 3.63) is 29.8 Å². The van der Waals surface area contributed by atoms with E-state index in [-0.39, 0.29) is 12.5 Å². The second kappa shape index (κ2) is 7.79. The quantitative estimate of drug-likeness (QED) is 0.778. The molecule has 7 heteroatoms. The monoisotopic (exact) mass is 340 g/mol. The number of hydrogen-bond donors (Lipinski definition) is 0. The van der Waals surface area contributed by atoms with Gasteiger partial charge in [0, 0.05) is 26.2 Å². The van der Waals surface area contributed by atoms with Crippen LogP contribution in [-0.2, 0) is 21.2 Å². The topological polar surface area (TPSA) is 66.9 Å². The summed E-state index contributed by atoms with van der Waals surface area (Å²) in [6, 6.07) is 7.77. The third kappa shape index (κ3) is 5.21. The fraction of sp³-hybridized carbons (Fsp3) is 0.562. The molecule has 1 aliphatic heterocycles. The lowest BCUT2D eigenvalue weighted by atomic mass is 10.1. The first-order valence-corrected chi connectivity index (χ1v) is 9.69. The molecule has 0 aliphatic carbocycles. The van der Waals surface area contributed by atoms with Crippen LogP contribution in [-0.4, -0.2) is 62.6 Å². The average molecular weight is 340 g/mol. The Balaban J connectivity index is 1.79. The number of rotatable bonds is 6. The van der Waals surface area contributed by atoms with Crippen molar-refractivity contribution in [1.82, 2.24) is 9.21 Å². The zero-order valence-electron chi connectivity index (χ0n) is 13.7. The number of aryl methyl sites for hydroxylation is 1. The van der Waals surface area contributed by atoms with Crippen molar-refractivity contribution in [3.8, 4) is 5.75 Å².